The van der Waals surface area contributed by atoms with Crippen LogP contribution in [-0.4, -0.2) is 24.3 Å². The number of rotatable bonds is 3. The van der Waals surface area contributed by atoms with Crippen molar-refractivity contribution in [2.24, 2.45) is 0 Å². The first-order chi connectivity index (χ1) is 8.63. The number of benzene rings is 1. The van der Waals surface area contributed by atoms with Crippen molar-refractivity contribution in [1.82, 2.24) is 0 Å². The molecule has 5 heteroatoms. The summed E-state index contributed by atoms with van der Waals surface area (Å²) in [4.78, 5) is 1.92. The van der Waals surface area contributed by atoms with Gasteiger partial charge in [-0.25, -0.2) is 8.78 Å². The van der Waals surface area contributed by atoms with Crippen molar-refractivity contribution < 1.29 is 13.9 Å². The summed E-state index contributed by atoms with van der Waals surface area (Å²) in [6, 6.07) is 2.17. The number of anilines is 2. The Hall–Kier alpha value is -1.36. The smallest absolute Gasteiger partial charge is 0.151 e. The Labute approximate surface area is 105 Å². The average Bonchev–Trinajstić information content (AvgIpc) is 2.35. The highest BCUT2D eigenvalue weighted by Gasteiger charge is 2.25. The fourth-order valence-electron chi connectivity index (χ4n) is 2.58. The van der Waals surface area contributed by atoms with Gasteiger partial charge in [0.2, 0.25) is 0 Å². The van der Waals surface area contributed by atoms with Crippen LogP contribution in [-0.2, 0) is 0 Å². The number of aliphatic hydroxyl groups is 1. The zero-order valence-electron chi connectivity index (χ0n) is 10.2. The van der Waals surface area contributed by atoms with E-state index in [9.17, 15) is 8.78 Å². The molecular formula is C13H18F2N2O. The summed E-state index contributed by atoms with van der Waals surface area (Å²) in [7, 11) is 0. The van der Waals surface area contributed by atoms with Crippen LogP contribution >= 0.6 is 0 Å². The quantitative estimate of drug-likeness (QED) is 0.816. The number of nitrogens with two attached hydrogens (primary N) is 1. The van der Waals surface area contributed by atoms with Gasteiger partial charge in [-0.2, -0.15) is 0 Å². The van der Waals surface area contributed by atoms with Crippen molar-refractivity contribution >= 4 is 11.4 Å². The Bertz CT molecular complexity index is 424. The van der Waals surface area contributed by atoms with Crippen LogP contribution in [0.15, 0.2) is 12.1 Å². The van der Waals surface area contributed by atoms with E-state index in [1.54, 1.807) is 0 Å². The molecule has 3 nitrogen and oxygen atoms in total. The van der Waals surface area contributed by atoms with Gasteiger partial charge in [-0.1, -0.05) is 0 Å². The molecule has 1 aromatic rings. The monoisotopic (exact) mass is 256 g/mol. The highest BCUT2D eigenvalue weighted by molar-refractivity contribution is 5.68. The maximum absolute atomic E-state index is 13.5. The van der Waals surface area contributed by atoms with Gasteiger partial charge in [0.25, 0.3) is 0 Å². The van der Waals surface area contributed by atoms with Crippen LogP contribution in [0.3, 0.4) is 0 Å². The van der Waals surface area contributed by atoms with Crippen molar-refractivity contribution in [3.8, 4) is 0 Å². The second kappa shape index (κ2) is 5.52. The number of nitrogen functional groups attached to an aromatic ring is 1. The maximum Gasteiger partial charge on any atom is 0.151 e. The summed E-state index contributed by atoms with van der Waals surface area (Å²) in [5.41, 5.74) is 6.09. The standard InChI is InChI=1S/C13H18F2N2O/c14-9-7-11(15)13(16)12(8-9)17-5-2-1-3-10(17)4-6-18/h7-8,10,18H,1-6,16H2. The molecule has 1 saturated heterocycles. The van der Waals surface area contributed by atoms with Gasteiger partial charge >= 0.3 is 0 Å². The normalized spacial score (nSPS) is 20.2. The van der Waals surface area contributed by atoms with Gasteiger partial charge in [-0.15, -0.1) is 0 Å². The van der Waals surface area contributed by atoms with Crippen LogP contribution in [0.25, 0.3) is 0 Å². The van der Waals surface area contributed by atoms with Crippen LogP contribution in [0.4, 0.5) is 20.2 Å². The molecule has 100 valence electrons. The molecule has 0 amide bonds. The molecule has 0 aromatic heterocycles. The molecule has 0 radical (unpaired) electrons. The molecule has 1 unspecified atom stereocenters. The molecule has 3 N–H and O–H groups in total. The van der Waals surface area contributed by atoms with Gasteiger partial charge in [-0.3, -0.25) is 0 Å². The van der Waals surface area contributed by atoms with Crippen molar-refractivity contribution in [1.29, 1.82) is 0 Å². The van der Waals surface area contributed by atoms with E-state index in [4.69, 9.17) is 10.8 Å². The zero-order valence-corrected chi connectivity index (χ0v) is 10.2. The predicted molar refractivity (Wildman–Crippen MR) is 67.5 cm³/mol. The van der Waals surface area contributed by atoms with Crippen LogP contribution in [0.2, 0.25) is 0 Å². The molecule has 1 aliphatic heterocycles. The molecule has 2 rings (SSSR count). The third-order valence-corrected chi connectivity index (χ3v) is 3.47. The fourth-order valence-corrected chi connectivity index (χ4v) is 2.58. The van der Waals surface area contributed by atoms with E-state index in [2.05, 4.69) is 0 Å². The summed E-state index contributed by atoms with van der Waals surface area (Å²) < 4.78 is 26.8. The van der Waals surface area contributed by atoms with Crippen molar-refractivity contribution in [2.45, 2.75) is 31.7 Å². The summed E-state index contributed by atoms with van der Waals surface area (Å²) in [5, 5.41) is 9.06. The minimum Gasteiger partial charge on any atom is -0.396 e. The van der Waals surface area contributed by atoms with Gasteiger partial charge in [-0.05, 0) is 31.7 Å². The lowest BCUT2D eigenvalue weighted by molar-refractivity contribution is 0.262. The van der Waals surface area contributed by atoms with Crippen molar-refractivity contribution in [3.05, 3.63) is 23.8 Å². The molecule has 1 aromatic carbocycles. The van der Waals surface area contributed by atoms with Gasteiger partial charge in [0.05, 0.1) is 11.4 Å². The van der Waals surface area contributed by atoms with E-state index in [0.717, 1.165) is 31.9 Å². The van der Waals surface area contributed by atoms with E-state index < -0.39 is 11.6 Å². The number of hydrogen-bond acceptors (Lipinski definition) is 3. The lowest BCUT2D eigenvalue weighted by Crippen LogP contribution is -2.40. The Morgan fingerprint density at radius 3 is 2.83 bits per heavy atom. The van der Waals surface area contributed by atoms with Gasteiger partial charge in [0.1, 0.15) is 5.82 Å². The van der Waals surface area contributed by atoms with Crippen molar-refractivity contribution in [2.75, 3.05) is 23.8 Å². The van der Waals surface area contributed by atoms with Gasteiger partial charge < -0.3 is 15.7 Å². The number of halogens is 2. The van der Waals surface area contributed by atoms with Crippen LogP contribution in [0.5, 0.6) is 0 Å². The number of nitrogens with zero attached hydrogens (tertiary/aromatic N) is 1. The van der Waals surface area contributed by atoms with E-state index in [1.165, 1.54) is 6.07 Å². The van der Waals surface area contributed by atoms with E-state index in [-0.39, 0.29) is 18.3 Å². The second-order valence-corrected chi connectivity index (χ2v) is 4.68. The van der Waals surface area contributed by atoms with Crippen LogP contribution < -0.4 is 10.6 Å². The average molecular weight is 256 g/mol. The fraction of sp³-hybridized carbons (Fsp3) is 0.538. The molecule has 1 atom stereocenters. The third-order valence-electron chi connectivity index (χ3n) is 3.47. The Morgan fingerprint density at radius 2 is 2.11 bits per heavy atom. The number of hydrogen-bond donors (Lipinski definition) is 2. The predicted octanol–water partition coefficient (Wildman–Crippen LogP) is 2.29. The lowest BCUT2D eigenvalue weighted by Gasteiger charge is -2.38. The molecule has 0 saturated carbocycles. The molecule has 1 heterocycles. The first-order valence-corrected chi connectivity index (χ1v) is 6.25. The van der Waals surface area contributed by atoms with Crippen LogP contribution in [0.1, 0.15) is 25.7 Å². The van der Waals surface area contributed by atoms with E-state index >= 15 is 0 Å². The highest BCUT2D eigenvalue weighted by atomic mass is 19.1. The molecule has 0 aliphatic carbocycles. The van der Waals surface area contributed by atoms with Crippen molar-refractivity contribution in [3.63, 3.8) is 0 Å². The minimum atomic E-state index is -0.724. The molecule has 1 fully saturated rings. The SMILES string of the molecule is Nc1c(F)cc(F)cc1N1CCCCC1CCO. The molecule has 1 aliphatic rings. The summed E-state index contributed by atoms with van der Waals surface area (Å²) in [6.07, 6.45) is 3.55. The first kappa shape index (κ1) is 13.1. The first-order valence-electron chi connectivity index (χ1n) is 6.25. The van der Waals surface area contributed by atoms with Gasteiger partial charge in [0, 0.05) is 25.3 Å². The maximum atomic E-state index is 13.5. The minimum absolute atomic E-state index is 0.0127. The third kappa shape index (κ3) is 2.56. The largest absolute Gasteiger partial charge is 0.396 e. The summed E-state index contributed by atoms with van der Waals surface area (Å²) in [6.45, 7) is 0.788. The second-order valence-electron chi connectivity index (χ2n) is 4.68. The Balaban J connectivity index is 2.33. The topological polar surface area (TPSA) is 49.5 Å². The molecule has 18 heavy (non-hydrogen) atoms. The lowest BCUT2D eigenvalue weighted by atomic mass is 9.98. The molecule has 0 bridgehead atoms. The highest BCUT2D eigenvalue weighted by Crippen LogP contribution is 2.33. The zero-order chi connectivity index (χ0) is 13.1. The number of piperidine rings is 1. The van der Waals surface area contributed by atoms with Crippen LogP contribution in [0, 0.1) is 11.6 Å². The summed E-state index contributed by atoms with van der Waals surface area (Å²) >= 11 is 0. The summed E-state index contributed by atoms with van der Waals surface area (Å²) in [5.74, 6) is -1.34. The molecular weight excluding hydrogens is 238 g/mol. The van der Waals surface area contributed by atoms with Gasteiger partial charge in [0.15, 0.2) is 5.82 Å². The Morgan fingerprint density at radius 1 is 1.33 bits per heavy atom. The number of aliphatic hydroxyl groups excluding tert-OH is 1. The van der Waals surface area contributed by atoms with E-state index in [1.807, 2.05) is 4.90 Å². The molecule has 0 spiro atoms. The van der Waals surface area contributed by atoms with E-state index in [0.29, 0.717) is 12.1 Å². The Kier molecular flexibility index (Phi) is 4.01.